The smallest absolute Gasteiger partial charge is 0.312 e. The van der Waals surface area contributed by atoms with Gasteiger partial charge in [-0.15, -0.1) is 0 Å². The lowest BCUT2D eigenvalue weighted by Gasteiger charge is -2.48. The number of urea groups is 1. The number of aliphatic hydroxyl groups is 5. The Morgan fingerprint density at radius 3 is 2.00 bits per heavy atom. The summed E-state index contributed by atoms with van der Waals surface area (Å²) in [5, 5.41) is 53.6. The first-order valence-corrected chi connectivity index (χ1v) is 11.5. The van der Waals surface area contributed by atoms with Crippen LogP contribution in [0.15, 0.2) is 0 Å². The molecule has 35 heavy (non-hydrogen) atoms. The van der Waals surface area contributed by atoms with Crippen LogP contribution in [0.25, 0.3) is 0 Å². The van der Waals surface area contributed by atoms with Crippen LogP contribution in [0.2, 0.25) is 0 Å². The Bertz CT molecular complexity index is 709. The van der Waals surface area contributed by atoms with Gasteiger partial charge in [0.05, 0.1) is 30.9 Å². The fourth-order valence-corrected chi connectivity index (χ4v) is 4.71. The molecule has 3 aliphatic rings. The van der Waals surface area contributed by atoms with Crippen molar-refractivity contribution < 1.29 is 49.3 Å². The van der Waals surface area contributed by atoms with Crippen LogP contribution in [0, 0.1) is 0 Å². The van der Waals surface area contributed by atoms with Crippen molar-refractivity contribution in [3.05, 3.63) is 0 Å². The van der Waals surface area contributed by atoms with Crippen LogP contribution < -0.4 is 34.0 Å². The maximum atomic E-state index is 11.4. The second kappa shape index (κ2) is 11.9. The molecule has 3 fully saturated rings. The molecular weight excluding hydrogens is 472 g/mol. The van der Waals surface area contributed by atoms with E-state index in [9.17, 15) is 30.3 Å². The zero-order valence-electron chi connectivity index (χ0n) is 19.1. The van der Waals surface area contributed by atoms with Crippen molar-refractivity contribution in [1.82, 2.24) is 5.32 Å². The highest BCUT2D eigenvalue weighted by atomic mass is 16.7. The molecule has 14 atom stereocenters. The van der Waals surface area contributed by atoms with Gasteiger partial charge >= 0.3 is 6.03 Å². The summed E-state index contributed by atoms with van der Waals surface area (Å²) in [4.78, 5) is 11.4. The number of carbonyl (C=O) groups excluding carboxylic acids is 1. The molecule has 0 unspecified atom stereocenters. The molecule has 0 radical (unpaired) electrons. The molecule has 1 saturated carbocycles. The number of rotatable bonds is 7. The minimum absolute atomic E-state index is 0.0256. The van der Waals surface area contributed by atoms with Gasteiger partial charge in [-0.2, -0.15) is 0 Å². The predicted molar refractivity (Wildman–Crippen MR) is 117 cm³/mol. The fourth-order valence-electron chi connectivity index (χ4n) is 4.71. The van der Waals surface area contributed by atoms with Crippen molar-refractivity contribution >= 4 is 6.03 Å². The molecule has 2 amide bonds. The van der Waals surface area contributed by atoms with E-state index in [0.29, 0.717) is 0 Å². The molecule has 0 aromatic rings. The number of carbonyl (C=O) groups is 1. The monoisotopic (exact) mass is 510 g/mol. The number of amides is 2. The lowest BCUT2D eigenvalue weighted by atomic mass is 9.84. The van der Waals surface area contributed by atoms with Gasteiger partial charge in [-0.05, 0) is 6.42 Å². The topological polar surface area (TPSA) is 297 Å². The third kappa shape index (κ3) is 6.19. The summed E-state index contributed by atoms with van der Waals surface area (Å²) in [5.41, 5.74) is 29.0. The predicted octanol–water partition coefficient (Wildman–Crippen LogP) is -6.59. The molecule has 3 rings (SSSR count). The second-order valence-electron chi connectivity index (χ2n) is 9.24. The Hall–Kier alpha value is -1.25. The number of hydrogen-bond acceptors (Lipinski definition) is 14. The van der Waals surface area contributed by atoms with E-state index >= 15 is 0 Å². The Morgan fingerprint density at radius 1 is 0.886 bits per heavy atom. The highest BCUT2D eigenvalue weighted by Gasteiger charge is 2.50. The van der Waals surface area contributed by atoms with E-state index in [1.54, 1.807) is 0 Å². The van der Waals surface area contributed by atoms with Gasteiger partial charge in [-0.3, -0.25) is 0 Å². The van der Waals surface area contributed by atoms with E-state index in [1.165, 1.54) is 0 Å². The summed E-state index contributed by atoms with van der Waals surface area (Å²) < 4.78 is 22.8. The summed E-state index contributed by atoms with van der Waals surface area (Å²) in [7, 11) is 0. The summed E-state index contributed by atoms with van der Waals surface area (Å²) >= 11 is 0. The third-order valence-corrected chi connectivity index (χ3v) is 6.70. The normalized spacial score (nSPS) is 48.9. The SMILES string of the molecule is NC[C@H]1O[C@@H](O[C@H]2[C@H](O)[C@@H](O[C@H]3O[C@@H](CO)[C@H](O)[C@@H](N)[C@@H]3O)[C@H](N)C[C@@H]2N)[C@H](NC(N)=O)C[C@@H]1O. The number of primary amides is 1. The zero-order valence-corrected chi connectivity index (χ0v) is 19.1. The number of ether oxygens (including phenoxy) is 4. The van der Waals surface area contributed by atoms with Gasteiger partial charge in [0.2, 0.25) is 0 Å². The maximum absolute atomic E-state index is 11.4. The average Bonchev–Trinajstić information content (AvgIpc) is 2.80. The standard InChI is InChI=1S/C19H38N6O10/c20-3-9-8(27)2-7(25-19(24)31)17(32-9)34-15-5(21)1-6(22)16(14(15)30)35-18-13(29)11(23)12(28)10(4-26)33-18/h5-18,26-30H,1-4,20-23H2,(H3,24,25,31)/t5-,6+,7+,8-,9+,10-,11+,12-,13-,14-,15+,16-,17-,18+/m0/s1. The largest absolute Gasteiger partial charge is 0.394 e. The van der Waals surface area contributed by atoms with Gasteiger partial charge in [0.25, 0.3) is 0 Å². The van der Waals surface area contributed by atoms with Crippen LogP contribution in [-0.4, -0.2) is 130 Å². The van der Waals surface area contributed by atoms with E-state index in [4.69, 9.17) is 47.6 Å². The first kappa shape index (κ1) is 28.3. The van der Waals surface area contributed by atoms with Crippen LogP contribution in [0.5, 0.6) is 0 Å². The fraction of sp³-hybridized carbons (Fsp3) is 0.947. The molecule has 16 heteroatoms. The maximum Gasteiger partial charge on any atom is 0.312 e. The average molecular weight is 511 g/mol. The van der Waals surface area contributed by atoms with Gasteiger partial charge in [-0.1, -0.05) is 0 Å². The lowest BCUT2D eigenvalue weighted by molar-refractivity contribution is -0.315. The van der Waals surface area contributed by atoms with Crippen molar-refractivity contribution in [2.75, 3.05) is 13.2 Å². The molecule has 1 aliphatic carbocycles. The van der Waals surface area contributed by atoms with Crippen LogP contribution in [0.4, 0.5) is 4.79 Å². The molecule has 0 bridgehead atoms. The van der Waals surface area contributed by atoms with E-state index < -0.39 is 98.2 Å². The molecule has 16 nitrogen and oxygen atoms in total. The van der Waals surface area contributed by atoms with Crippen LogP contribution in [0.3, 0.4) is 0 Å². The number of nitrogens with one attached hydrogen (secondary N) is 1. The molecule has 204 valence electrons. The van der Waals surface area contributed by atoms with Crippen LogP contribution >= 0.6 is 0 Å². The van der Waals surface area contributed by atoms with E-state index in [-0.39, 0.29) is 19.4 Å². The van der Waals surface area contributed by atoms with E-state index in [2.05, 4.69) is 5.32 Å². The molecular formula is C19H38N6O10. The molecule has 2 saturated heterocycles. The van der Waals surface area contributed by atoms with Gasteiger partial charge < -0.3 is 78.5 Å². The van der Waals surface area contributed by atoms with Gasteiger partial charge in [0, 0.05) is 25.0 Å². The molecule has 2 heterocycles. The minimum Gasteiger partial charge on any atom is -0.394 e. The molecule has 2 aliphatic heterocycles. The van der Waals surface area contributed by atoms with Crippen molar-refractivity contribution in [3.8, 4) is 0 Å². The van der Waals surface area contributed by atoms with Crippen LogP contribution in [-0.2, 0) is 18.9 Å². The van der Waals surface area contributed by atoms with Gasteiger partial charge in [-0.25, -0.2) is 4.79 Å². The Labute approximate surface area is 201 Å². The quantitative estimate of drug-likeness (QED) is 0.152. The Morgan fingerprint density at radius 2 is 1.46 bits per heavy atom. The lowest BCUT2D eigenvalue weighted by Crippen LogP contribution is -2.68. The molecule has 0 spiro atoms. The summed E-state index contributed by atoms with van der Waals surface area (Å²) in [5.74, 6) is 0. The number of nitrogens with two attached hydrogens (primary N) is 5. The Balaban J connectivity index is 1.75. The van der Waals surface area contributed by atoms with Crippen molar-refractivity contribution in [2.45, 2.75) is 98.4 Å². The molecule has 0 aromatic carbocycles. The first-order chi connectivity index (χ1) is 16.5. The van der Waals surface area contributed by atoms with Crippen LogP contribution in [0.1, 0.15) is 12.8 Å². The van der Waals surface area contributed by atoms with Gasteiger partial charge in [0.15, 0.2) is 12.6 Å². The Kier molecular flexibility index (Phi) is 9.60. The highest BCUT2D eigenvalue weighted by molar-refractivity contribution is 5.72. The summed E-state index contributed by atoms with van der Waals surface area (Å²) in [6.07, 6.45) is -11.9. The third-order valence-electron chi connectivity index (χ3n) is 6.70. The minimum atomic E-state index is -1.49. The van der Waals surface area contributed by atoms with E-state index in [0.717, 1.165) is 0 Å². The highest BCUT2D eigenvalue weighted by Crippen LogP contribution is 2.31. The summed E-state index contributed by atoms with van der Waals surface area (Å²) in [6, 6.07) is -4.52. The number of aliphatic hydroxyl groups excluding tert-OH is 5. The summed E-state index contributed by atoms with van der Waals surface area (Å²) in [6.45, 7) is -0.617. The van der Waals surface area contributed by atoms with Crippen molar-refractivity contribution in [1.29, 1.82) is 0 Å². The molecule has 16 N–H and O–H groups in total. The zero-order chi connectivity index (χ0) is 26.0. The molecule has 0 aromatic heterocycles. The van der Waals surface area contributed by atoms with Crippen molar-refractivity contribution in [3.63, 3.8) is 0 Å². The van der Waals surface area contributed by atoms with Crippen molar-refractivity contribution in [2.24, 2.45) is 28.7 Å². The second-order valence-corrected chi connectivity index (χ2v) is 9.24. The number of hydrogen-bond donors (Lipinski definition) is 11. The first-order valence-electron chi connectivity index (χ1n) is 11.5. The van der Waals surface area contributed by atoms with E-state index in [1.807, 2.05) is 0 Å². The van der Waals surface area contributed by atoms with Gasteiger partial charge in [0.1, 0.15) is 36.6 Å².